The summed E-state index contributed by atoms with van der Waals surface area (Å²) in [5, 5.41) is 7.48. The SMILES string of the molecule is c1cc(NCC2CCOCO2)cs1. The number of thiophene rings is 1. The van der Waals surface area contributed by atoms with Gasteiger partial charge in [-0.1, -0.05) is 0 Å². The highest BCUT2D eigenvalue weighted by Crippen LogP contribution is 2.13. The Morgan fingerprint density at radius 3 is 3.31 bits per heavy atom. The Hall–Kier alpha value is -0.580. The molecular formula is C9H13NO2S. The van der Waals surface area contributed by atoms with Crippen molar-refractivity contribution in [2.24, 2.45) is 0 Å². The maximum atomic E-state index is 5.39. The Bertz CT molecular complexity index is 232. The van der Waals surface area contributed by atoms with Crippen molar-refractivity contribution < 1.29 is 9.47 Å². The number of anilines is 1. The van der Waals surface area contributed by atoms with Gasteiger partial charge in [0, 0.05) is 17.6 Å². The number of nitrogens with one attached hydrogen (secondary N) is 1. The smallest absolute Gasteiger partial charge is 0.147 e. The number of rotatable bonds is 3. The van der Waals surface area contributed by atoms with Crippen LogP contribution in [0.3, 0.4) is 0 Å². The lowest BCUT2D eigenvalue weighted by molar-refractivity contribution is -0.133. The molecule has 3 nitrogen and oxygen atoms in total. The molecule has 4 heteroatoms. The van der Waals surface area contributed by atoms with E-state index < -0.39 is 0 Å². The summed E-state index contributed by atoms with van der Waals surface area (Å²) in [6.07, 6.45) is 1.28. The third-order valence-electron chi connectivity index (χ3n) is 2.03. The normalized spacial score (nSPS) is 22.9. The summed E-state index contributed by atoms with van der Waals surface area (Å²) in [5.74, 6) is 0. The molecular weight excluding hydrogens is 186 g/mol. The molecule has 0 saturated carbocycles. The molecule has 1 N–H and O–H groups in total. The van der Waals surface area contributed by atoms with Crippen molar-refractivity contribution in [2.45, 2.75) is 12.5 Å². The first-order valence-electron chi connectivity index (χ1n) is 4.40. The van der Waals surface area contributed by atoms with Gasteiger partial charge in [0.25, 0.3) is 0 Å². The molecule has 13 heavy (non-hydrogen) atoms. The molecule has 2 heterocycles. The summed E-state index contributed by atoms with van der Waals surface area (Å²) in [4.78, 5) is 0. The van der Waals surface area contributed by atoms with Gasteiger partial charge < -0.3 is 14.8 Å². The molecule has 0 radical (unpaired) electrons. The highest BCUT2D eigenvalue weighted by molar-refractivity contribution is 7.08. The van der Waals surface area contributed by atoms with E-state index in [9.17, 15) is 0 Å². The van der Waals surface area contributed by atoms with Gasteiger partial charge in [-0.15, -0.1) is 0 Å². The first-order chi connectivity index (χ1) is 6.45. The predicted molar refractivity (Wildman–Crippen MR) is 53.1 cm³/mol. The van der Waals surface area contributed by atoms with Crippen LogP contribution in [-0.4, -0.2) is 26.0 Å². The maximum absolute atomic E-state index is 5.39. The van der Waals surface area contributed by atoms with E-state index in [2.05, 4.69) is 22.1 Å². The fraction of sp³-hybridized carbons (Fsp3) is 0.556. The lowest BCUT2D eigenvalue weighted by Gasteiger charge is -2.22. The summed E-state index contributed by atoms with van der Waals surface area (Å²) < 4.78 is 10.5. The number of ether oxygens (including phenoxy) is 2. The standard InChI is InChI=1S/C9H13NO2S/c1-3-11-7-12-9(1)5-10-8-2-4-13-6-8/h2,4,6,9-10H,1,3,5,7H2. The molecule has 1 saturated heterocycles. The minimum absolute atomic E-state index is 0.300. The van der Waals surface area contributed by atoms with Crippen LogP contribution in [0.2, 0.25) is 0 Å². The van der Waals surface area contributed by atoms with Crippen molar-refractivity contribution in [1.29, 1.82) is 0 Å². The molecule has 0 amide bonds. The summed E-state index contributed by atoms with van der Waals surface area (Å²) in [6, 6.07) is 2.07. The predicted octanol–water partition coefficient (Wildman–Crippen LogP) is 1.92. The van der Waals surface area contributed by atoms with Gasteiger partial charge >= 0.3 is 0 Å². The molecule has 0 aromatic carbocycles. The zero-order chi connectivity index (χ0) is 8.93. The van der Waals surface area contributed by atoms with Gasteiger partial charge in [0.05, 0.1) is 12.7 Å². The van der Waals surface area contributed by atoms with Gasteiger partial charge in [0.1, 0.15) is 6.79 Å². The van der Waals surface area contributed by atoms with Crippen LogP contribution in [0.4, 0.5) is 5.69 Å². The van der Waals surface area contributed by atoms with E-state index in [1.54, 1.807) is 11.3 Å². The largest absolute Gasteiger partial charge is 0.382 e. The quantitative estimate of drug-likeness (QED) is 0.806. The van der Waals surface area contributed by atoms with E-state index in [1.165, 1.54) is 5.69 Å². The minimum atomic E-state index is 0.300. The molecule has 1 aliphatic heterocycles. The van der Waals surface area contributed by atoms with Gasteiger partial charge in [0.2, 0.25) is 0 Å². The monoisotopic (exact) mass is 199 g/mol. The van der Waals surface area contributed by atoms with Gasteiger partial charge in [-0.3, -0.25) is 0 Å². The van der Waals surface area contributed by atoms with Crippen LogP contribution in [-0.2, 0) is 9.47 Å². The molecule has 1 fully saturated rings. The molecule has 0 spiro atoms. The Balaban J connectivity index is 1.72. The van der Waals surface area contributed by atoms with Gasteiger partial charge in [-0.2, -0.15) is 11.3 Å². The summed E-state index contributed by atoms with van der Waals surface area (Å²) in [6.45, 7) is 2.13. The summed E-state index contributed by atoms with van der Waals surface area (Å²) in [5.41, 5.74) is 1.18. The highest BCUT2D eigenvalue weighted by Gasteiger charge is 2.13. The lowest BCUT2D eigenvalue weighted by Crippen LogP contribution is -2.30. The lowest BCUT2D eigenvalue weighted by atomic mass is 10.2. The van der Waals surface area contributed by atoms with Crippen molar-refractivity contribution in [3.8, 4) is 0 Å². The first kappa shape index (κ1) is 8.99. The molecule has 0 aliphatic carbocycles. The summed E-state index contributed by atoms with van der Waals surface area (Å²) in [7, 11) is 0. The molecule has 72 valence electrons. The van der Waals surface area contributed by atoms with Gasteiger partial charge in [-0.25, -0.2) is 0 Å². The van der Waals surface area contributed by atoms with Crippen molar-refractivity contribution in [2.75, 3.05) is 25.3 Å². The van der Waals surface area contributed by atoms with Crippen LogP contribution in [0.25, 0.3) is 0 Å². The van der Waals surface area contributed by atoms with E-state index >= 15 is 0 Å². The van der Waals surface area contributed by atoms with Crippen molar-refractivity contribution >= 4 is 17.0 Å². The van der Waals surface area contributed by atoms with Crippen LogP contribution in [0, 0.1) is 0 Å². The minimum Gasteiger partial charge on any atom is -0.382 e. The van der Waals surface area contributed by atoms with E-state index in [0.717, 1.165) is 19.6 Å². The summed E-state index contributed by atoms with van der Waals surface area (Å²) >= 11 is 1.70. The van der Waals surface area contributed by atoms with Gasteiger partial charge in [0.15, 0.2) is 0 Å². The second-order valence-corrected chi connectivity index (χ2v) is 3.78. The fourth-order valence-electron chi connectivity index (χ4n) is 1.26. The molecule has 2 rings (SSSR count). The van der Waals surface area contributed by atoms with Crippen LogP contribution in [0.1, 0.15) is 6.42 Å². The second kappa shape index (κ2) is 4.60. The third-order valence-corrected chi connectivity index (χ3v) is 2.71. The molecule has 1 aromatic heterocycles. The Labute approximate surface area is 81.7 Å². The topological polar surface area (TPSA) is 30.5 Å². The molecule has 1 aliphatic rings. The van der Waals surface area contributed by atoms with Crippen LogP contribution < -0.4 is 5.32 Å². The van der Waals surface area contributed by atoms with Crippen molar-refractivity contribution in [3.05, 3.63) is 16.8 Å². The van der Waals surface area contributed by atoms with Crippen LogP contribution in [0.5, 0.6) is 0 Å². The fourth-order valence-corrected chi connectivity index (χ4v) is 1.87. The number of hydrogen-bond acceptors (Lipinski definition) is 4. The van der Waals surface area contributed by atoms with Gasteiger partial charge in [-0.05, 0) is 17.9 Å². The Kier molecular flexibility index (Phi) is 3.18. The highest BCUT2D eigenvalue weighted by atomic mass is 32.1. The van der Waals surface area contributed by atoms with E-state index in [-0.39, 0.29) is 0 Å². The average molecular weight is 199 g/mol. The van der Waals surface area contributed by atoms with Crippen molar-refractivity contribution in [3.63, 3.8) is 0 Å². The third kappa shape index (κ3) is 2.69. The number of hydrogen-bond donors (Lipinski definition) is 1. The van der Waals surface area contributed by atoms with Crippen molar-refractivity contribution in [1.82, 2.24) is 0 Å². The molecule has 0 bridgehead atoms. The van der Waals surface area contributed by atoms with E-state index in [1.807, 2.05) is 0 Å². The molecule has 1 atom stereocenters. The molecule has 1 unspecified atom stereocenters. The second-order valence-electron chi connectivity index (χ2n) is 3.00. The average Bonchev–Trinajstić information content (AvgIpc) is 2.69. The zero-order valence-corrected chi connectivity index (χ0v) is 8.18. The van der Waals surface area contributed by atoms with E-state index in [0.29, 0.717) is 12.9 Å². The van der Waals surface area contributed by atoms with Crippen LogP contribution >= 0.6 is 11.3 Å². The first-order valence-corrected chi connectivity index (χ1v) is 5.35. The van der Waals surface area contributed by atoms with Crippen LogP contribution in [0.15, 0.2) is 16.8 Å². The Morgan fingerprint density at radius 1 is 1.62 bits per heavy atom. The maximum Gasteiger partial charge on any atom is 0.147 e. The van der Waals surface area contributed by atoms with E-state index in [4.69, 9.17) is 9.47 Å². The molecule has 1 aromatic rings. The Morgan fingerprint density at radius 2 is 2.62 bits per heavy atom. The zero-order valence-electron chi connectivity index (χ0n) is 7.36.